The summed E-state index contributed by atoms with van der Waals surface area (Å²) in [6.07, 6.45) is 2.12. The smallest absolute Gasteiger partial charge is 0.331 e. The van der Waals surface area contributed by atoms with Crippen molar-refractivity contribution in [2.45, 2.75) is 13.3 Å². The van der Waals surface area contributed by atoms with Crippen LogP contribution in [0.15, 0.2) is 23.8 Å². The Labute approximate surface area is 147 Å². The number of carboxylic acid groups (broad SMARTS) is 1. The Hall–Kier alpha value is 0.420. The SMILES string of the molecule is CCC(=CCOc1c(I)cc(I)cc1I)C(=O)O. The van der Waals surface area contributed by atoms with Crippen LogP contribution < -0.4 is 4.74 Å². The summed E-state index contributed by atoms with van der Waals surface area (Å²) >= 11 is 6.70. The molecule has 6 heteroatoms. The molecule has 18 heavy (non-hydrogen) atoms. The average Bonchev–Trinajstić information content (AvgIpc) is 2.26. The summed E-state index contributed by atoms with van der Waals surface area (Å²) in [6, 6.07) is 4.06. The Balaban J connectivity index is 2.78. The first kappa shape index (κ1) is 16.5. The number of ether oxygens (including phenoxy) is 1. The molecule has 1 aromatic rings. The van der Waals surface area contributed by atoms with Crippen LogP contribution in [0.25, 0.3) is 0 Å². The van der Waals surface area contributed by atoms with Gasteiger partial charge in [0.1, 0.15) is 12.4 Å². The van der Waals surface area contributed by atoms with Crippen LogP contribution >= 0.6 is 67.8 Å². The van der Waals surface area contributed by atoms with Crippen LogP contribution in [0.5, 0.6) is 5.75 Å². The number of halogens is 3. The molecule has 0 bridgehead atoms. The molecule has 0 radical (unpaired) electrons. The van der Waals surface area contributed by atoms with E-state index in [-0.39, 0.29) is 6.61 Å². The lowest BCUT2D eigenvalue weighted by Gasteiger charge is -2.09. The Morgan fingerprint density at radius 2 is 1.89 bits per heavy atom. The van der Waals surface area contributed by atoms with Gasteiger partial charge in [-0.1, -0.05) is 6.92 Å². The molecule has 1 N–H and O–H groups in total. The molecule has 0 saturated carbocycles. The van der Waals surface area contributed by atoms with Crippen LogP contribution in [0.3, 0.4) is 0 Å². The molecule has 0 aliphatic rings. The van der Waals surface area contributed by atoms with Crippen LogP contribution in [-0.4, -0.2) is 17.7 Å². The van der Waals surface area contributed by atoms with Crippen molar-refractivity contribution >= 4 is 73.7 Å². The van der Waals surface area contributed by atoms with Crippen molar-refractivity contribution in [3.05, 3.63) is 34.5 Å². The number of carboxylic acids is 1. The predicted molar refractivity (Wildman–Crippen MR) is 96.1 cm³/mol. The molecule has 0 aromatic heterocycles. The number of rotatable bonds is 5. The summed E-state index contributed by atoms with van der Waals surface area (Å²) in [5.74, 6) is -0.0678. The largest absolute Gasteiger partial charge is 0.487 e. The van der Waals surface area contributed by atoms with Gasteiger partial charge in [0.15, 0.2) is 0 Å². The van der Waals surface area contributed by atoms with Gasteiger partial charge in [0, 0.05) is 9.14 Å². The van der Waals surface area contributed by atoms with Gasteiger partial charge in [-0.05, 0) is 92.4 Å². The van der Waals surface area contributed by atoms with Crippen molar-refractivity contribution in [1.82, 2.24) is 0 Å². The lowest BCUT2D eigenvalue weighted by Crippen LogP contribution is -2.04. The Morgan fingerprint density at radius 3 is 2.33 bits per heavy atom. The summed E-state index contributed by atoms with van der Waals surface area (Å²) in [5.41, 5.74) is 0.380. The lowest BCUT2D eigenvalue weighted by atomic mass is 10.2. The molecule has 0 saturated heterocycles. The maximum absolute atomic E-state index is 10.8. The minimum atomic E-state index is -0.881. The van der Waals surface area contributed by atoms with Crippen molar-refractivity contribution in [3.63, 3.8) is 0 Å². The van der Waals surface area contributed by atoms with Gasteiger partial charge in [-0.25, -0.2) is 4.79 Å². The van der Waals surface area contributed by atoms with Gasteiger partial charge in [-0.15, -0.1) is 0 Å². The summed E-state index contributed by atoms with van der Waals surface area (Å²) in [5, 5.41) is 8.89. The first-order valence-electron chi connectivity index (χ1n) is 5.15. The summed E-state index contributed by atoms with van der Waals surface area (Å²) in [6.45, 7) is 2.10. The zero-order valence-electron chi connectivity index (χ0n) is 9.54. The molecule has 3 nitrogen and oxygen atoms in total. The normalized spacial score (nSPS) is 11.4. The maximum atomic E-state index is 10.8. The zero-order chi connectivity index (χ0) is 13.7. The first-order valence-corrected chi connectivity index (χ1v) is 8.39. The molecule has 1 rings (SSSR count). The van der Waals surface area contributed by atoms with Crippen molar-refractivity contribution in [1.29, 1.82) is 0 Å². The number of hydrogen-bond acceptors (Lipinski definition) is 2. The molecule has 0 aliphatic carbocycles. The number of aliphatic carboxylic acids is 1. The fourth-order valence-electron chi connectivity index (χ4n) is 1.28. The van der Waals surface area contributed by atoms with Crippen LogP contribution in [0, 0.1) is 10.7 Å². The van der Waals surface area contributed by atoms with Crippen molar-refractivity contribution in [3.8, 4) is 5.75 Å². The summed E-state index contributed by atoms with van der Waals surface area (Å²) < 4.78 is 8.87. The van der Waals surface area contributed by atoms with Gasteiger partial charge in [-0.3, -0.25) is 0 Å². The Bertz CT molecular complexity index is 460. The molecule has 0 heterocycles. The van der Waals surface area contributed by atoms with E-state index in [4.69, 9.17) is 9.84 Å². The second-order valence-corrected chi connectivity index (χ2v) is 6.97. The molecule has 0 unspecified atom stereocenters. The minimum Gasteiger partial charge on any atom is -0.487 e. The Kier molecular flexibility index (Phi) is 7.21. The van der Waals surface area contributed by atoms with E-state index in [0.717, 1.165) is 16.5 Å². The minimum absolute atomic E-state index is 0.280. The van der Waals surface area contributed by atoms with Crippen LogP contribution in [0.4, 0.5) is 0 Å². The predicted octanol–water partition coefficient (Wildman–Crippen LogP) is 4.30. The second kappa shape index (κ2) is 7.88. The quantitative estimate of drug-likeness (QED) is 0.416. The van der Waals surface area contributed by atoms with E-state index >= 15 is 0 Å². The number of hydrogen-bond donors (Lipinski definition) is 1. The summed E-state index contributed by atoms with van der Waals surface area (Å²) in [7, 11) is 0. The highest BCUT2D eigenvalue weighted by molar-refractivity contribution is 14.1. The van der Waals surface area contributed by atoms with Gasteiger partial charge >= 0.3 is 5.97 Å². The highest BCUT2D eigenvalue weighted by atomic mass is 127. The zero-order valence-corrected chi connectivity index (χ0v) is 16.0. The van der Waals surface area contributed by atoms with E-state index < -0.39 is 5.97 Å². The molecule has 0 aliphatic heterocycles. The molecular formula is C12H11I3O3. The molecule has 0 fully saturated rings. The molecule has 0 atom stereocenters. The van der Waals surface area contributed by atoms with Crippen molar-refractivity contribution in [2.75, 3.05) is 6.61 Å². The molecule has 0 amide bonds. The van der Waals surface area contributed by atoms with Gasteiger partial charge in [0.2, 0.25) is 0 Å². The average molecular weight is 584 g/mol. The highest BCUT2D eigenvalue weighted by Crippen LogP contribution is 2.29. The number of carbonyl (C=O) groups is 1. The molecule has 98 valence electrons. The third-order valence-electron chi connectivity index (χ3n) is 2.18. The fraction of sp³-hybridized carbons (Fsp3) is 0.250. The molecule has 1 aromatic carbocycles. The fourth-order valence-corrected chi connectivity index (χ4v) is 5.17. The van der Waals surface area contributed by atoms with Crippen LogP contribution in [-0.2, 0) is 4.79 Å². The topological polar surface area (TPSA) is 46.5 Å². The third-order valence-corrected chi connectivity index (χ3v) is 4.40. The van der Waals surface area contributed by atoms with Gasteiger partial charge < -0.3 is 9.84 Å². The van der Waals surface area contributed by atoms with Crippen molar-refractivity contribution < 1.29 is 14.6 Å². The first-order chi connectivity index (χ1) is 8.45. The van der Waals surface area contributed by atoms with E-state index in [1.54, 1.807) is 6.08 Å². The Morgan fingerprint density at radius 1 is 1.33 bits per heavy atom. The number of benzene rings is 1. The monoisotopic (exact) mass is 584 g/mol. The standard InChI is InChI=1S/C12H11I3O3/c1-2-7(12(16)17)3-4-18-11-9(14)5-8(13)6-10(11)15/h3,5-6H,2,4H2,1H3,(H,16,17). The van der Waals surface area contributed by atoms with Gasteiger partial charge in [0.05, 0.1) is 7.14 Å². The van der Waals surface area contributed by atoms with E-state index in [2.05, 4.69) is 67.8 Å². The van der Waals surface area contributed by atoms with Gasteiger partial charge in [0.25, 0.3) is 0 Å². The van der Waals surface area contributed by atoms with Crippen LogP contribution in [0.1, 0.15) is 13.3 Å². The highest BCUT2D eigenvalue weighted by Gasteiger charge is 2.08. The van der Waals surface area contributed by atoms with E-state index in [9.17, 15) is 4.79 Å². The van der Waals surface area contributed by atoms with E-state index in [1.165, 1.54) is 0 Å². The van der Waals surface area contributed by atoms with E-state index in [0.29, 0.717) is 12.0 Å². The second-order valence-electron chi connectivity index (χ2n) is 3.40. The summed E-state index contributed by atoms with van der Waals surface area (Å²) in [4.78, 5) is 10.8. The van der Waals surface area contributed by atoms with Gasteiger partial charge in [-0.2, -0.15) is 0 Å². The van der Waals surface area contributed by atoms with Crippen LogP contribution in [0.2, 0.25) is 0 Å². The molecule has 0 spiro atoms. The third kappa shape index (κ3) is 4.83. The molecular weight excluding hydrogens is 573 g/mol. The van der Waals surface area contributed by atoms with E-state index in [1.807, 2.05) is 19.1 Å². The lowest BCUT2D eigenvalue weighted by molar-refractivity contribution is -0.132. The van der Waals surface area contributed by atoms with Crippen molar-refractivity contribution in [2.24, 2.45) is 0 Å². The maximum Gasteiger partial charge on any atom is 0.331 e.